The maximum atomic E-state index is 11.0. The van der Waals surface area contributed by atoms with Crippen molar-refractivity contribution in [2.75, 3.05) is 0 Å². The molecule has 0 aromatic heterocycles. The molecule has 0 aromatic carbocycles. The van der Waals surface area contributed by atoms with Crippen LogP contribution < -0.4 is 0 Å². The molecule has 2 N–H and O–H groups in total. The molecule has 0 heterocycles. The minimum absolute atomic E-state index is 0.0649. The van der Waals surface area contributed by atoms with Crippen LogP contribution in [0.5, 0.6) is 0 Å². The summed E-state index contributed by atoms with van der Waals surface area (Å²) >= 11 is 0. The van der Waals surface area contributed by atoms with Crippen molar-refractivity contribution >= 4 is 17.9 Å². The summed E-state index contributed by atoms with van der Waals surface area (Å²) in [6, 6.07) is 0. The van der Waals surface area contributed by atoms with E-state index in [4.69, 9.17) is 14.9 Å². The lowest BCUT2D eigenvalue weighted by atomic mass is 9.96. The topological polar surface area (TPSA) is 101 Å². The van der Waals surface area contributed by atoms with Crippen LogP contribution in [0.2, 0.25) is 0 Å². The zero-order chi connectivity index (χ0) is 14.1. The van der Waals surface area contributed by atoms with Gasteiger partial charge in [-0.3, -0.25) is 9.59 Å². The second-order valence-electron chi connectivity index (χ2n) is 4.01. The van der Waals surface area contributed by atoms with Gasteiger partial charge in [-0.15, -0.1) is 0 Å². The van der Waals surface area contributed by atoms with E-state index in [1.165, 1.54) is 0 Å². The molecule has 6 nitrogen and oxygen atoms in total. The summed E-state index contributed by atoms with van der Waals surface area (Å²) in [5, 5.41) is 17.4. The molecule has 0 amide bonds. The van der Waals surface area contributed by atoms with E-state index in [0.717, 1.165) is 6.08 Å². The van der Waals surface area contributed by atoms with Gasteiger partial charge >= 0.3 is 17.9 Å². The highest BCUT2D eigenvalue weighted by Gasteiger charge is 2.22. The van der Waals surface area contributed by atoms with Crippen LogP contribution in [-0.4, -0.2) is 34.2 Å². The third kappa shape index (κ3) is 7.43. The third-order valence-corrected chi connectivity index (χ3v) is 2.39. The smallest absolute Gasteiger partial charge is 0.330 e. The number of rotatable bonds is 9. The zero-order valence-corrected chi connectivity index (χ0v) is 10.3. The molecule has 0 bridgehead atoms. The number of hydrogen-bond donors (Lipinski definition) is 2. The number of carbonyl (C=O) groups excluding carboxylic acids is 1. The molecule has 0 saturated carbocycles. The Labute approximate surface area is 105 Å². The molecule has 2 unspecified atom stereocenters. The fraction of sp³-hybridized carbons (Fsp3) is 0.583. The summed E-state index contributed by atoms with van der Waals surface area (Å²) < 4.78 is 4.87. The number of ether oxygens (including phenoxy) is 1. The highest BCUT2D eigenvalue weighted by Crippen LogP contribution is 2.17. The van der Waals surface area contributed by atoms with Gasteiger partial charge in [0.05, 0.1) is 5.92 Å². The highest BCUT2D eigenvalue weighted by atomic mass is 16.5. The number of hydrogen-bond acceptors (Lipinski definition) is 4. The first-order valence-electron chi connectivity index (χ1n) is 5.64. The van der Waals surface area contributed by atoms with Crippen LogP contribution >= 0.6 is 0 Å². The molecule has 102 valence electrons. The molecule has 0 rings (SSSR count). The van der Waals surface area contributed by atoms with Gasteiger partial charge in [0.2, 0.25) is 0 Å². The minimum Gasteiger partial charge on any atom is -0.481 e. The Morgan fingerprint density at radius 2 is 1.94 bits per heavy atom. The molecule has 0 aromatic rings. The molecule has 0 aliphatic carbocycles. The van der Waals surface area contributed by atoms with Gasteiger partial charge < -0.3 is 14.9 Å². The van der Waals surface area contributed by atoms with Gasteiger partial charge in [-0.25, -0.2) is 4.79 Å². The van der Waals surface area contributed by atoms with E-state index in [-0.39, 0.29) is 25.7 Å². The van der Waals surface area contributed by atoms with Crippen LogP contribution in [0.25, 0.3) is 0 Å². The van der Waals surface area contributed by atoms with Crippen molar-refractivity contribution in [3.63, 3.8) is 0 Å². The fourth-order valence-electron chi connectivity index (χ4n) is 1.54. The van der Waals surface area contributed by atoms with Gasteiger partial charge in [-0.2, -0.15) is 0 Å². The summed E-state index contributed by atoms with van der Waals surface area (Å²) in [5.74, 6) is -3.28. The van der Waals surface area contributed by atoms with Crippen LogP contribution in [-0.2, 0) is 19.1 Å². The van der Waals surface area contributed by atoms with Crippen LogP contribution in [0, 0.1) is 5.92 Å². The number of carboxylic acid groups (broad SMARTS) is 2. The van der Waals surface area contributed by atoms with Crippen molar-refractivity contribution in [3.05, 3.63) is 12.7 Å². The Hall–Kier alpha value is -1.85. The second kappa shape index (κ2) is 8.27. The van der Waals surface area contributed by atoms with Gasteiger partial charge in [0, 0.05) is 12.5 Å². The number of esters is 1. The van der Waals surface area contributed by atoms with Crippen molar-refractivity contribution in [1.82, 2.24) is 0 Å². The Kier molecular flexibility index (Phi) is 7.42. The van der Waals surface area contributed by atoms with Crippen molar-refractivity contribution in [2.24, 2.45) is 5.92 Å². The minimum atomic E-state index is -1.01. The summed E-state index contributed by atoms with van der Waals surface area (Å²) in [6.45, 7) is 4.83. The van der Waals surface area contributed by atoms with E-state index in [1.807, 2.05) is 0 Å². The van der Waals surface area contributed by atoms with Gasteiger partial charge in [-0.05, 0) is 26.2 Å². The molecule has 0 radical (unpaired) electrons. The van der Waals surface area contributed by atoms with Gasteiger partial charge in [-0.1, -0.05) is 6.58 Å². The lowest BCUT2D eigenvalue weighted by molar-refractivity contribution is -0.149. The molecular formula is C12H18O6. The monoisotopic (exact) mass is 258 g/mol. The van der Waals surface area contributed by atoms with Crippen molar-refractivity contribution in [1.29, 1.82) is 0 Å². The average Bonchev–Trinajstić information content (AvgIpc) is 2.26. The first kappa shape index (κ1) is 16.1. The first-order chi connectivity index (χ1) is 8.36. The van der Waals surface area contributed by atoms with E-state index in [1.54, 1.807) is 6.92 Å². The van der Waals surface area contributed by atoms with Crippen molar-refractivity contribution in [2.45, 2.75) is 38.7 Å². The maximum absolute atomic E-state index is 11.0. The molecule has 2 atom stereocenters. The Balaban J connectivity index is 4.18. The Morgan fingerprint density at radius 3 is 2.39 bits per heavy atom. The maximum Gasteiger partial charge on any atom is 0.330 e. The molecule has 0 spiro atoms. The predicted molar refractivity (Wildman–Crippen MR) is 63.0 cm³/mol. The quantitative estimate of drug-likeness (QED) is 0.479. The summed E-state index contributed by atoms with van der Waals surface area (Å²) in [7, 11) is 0. The van der Waals surface area contributed by atoms with Crippen LogP contribution in [0.4, 0.5) is 0 Å². The van der Waals surface area contributed by atoms with Crippen molar-refractivity contribution < 1.29 is 29.3 Å². The summed E-state index contributed by atoms with van der Waals surface area (Å²) in [6.07, 6.45) is 1.10. The van der Waals surface area contributed by atoms with Gasteiger partial charge in [0.15, 0.2) is 0 Å². The standard InChI is InChI=1S/C12H18O6/c1-3-11(15)18-8(2)7-9(12(16)17)5-4-6-10(13)14/h3,8-9H,1,4-7H2,2H3,(H,13,14)(H,16,17). The van der Waals surface area contributed by atoms with E-state index < -0.39 is 29.9 Å². The van der Waals surface area contributed by atoms with E-state index in [9.17, 15) is 14.4 Å². The van der Waals surface area contributed by atoms with Gasteiger partial charge in [0.25, 0.3) is 0 Å². The average molecular weight is 258 g/mol. The summed E-state index contributed by atoms with van der Waals surface area (Å²) in [4.78, 5) is 32.2. The van der Waals surface area contributed by atoms with Gasteiger partial charge in [0.1, 0.15) is 6.10 Å². The third-order valence-electron chi connectivity index (χ3n) is 2.39. The molecule has 0 fully saturated rings. The molecular weight excluding hydrogens is 240 g/mol. The molecule has 18 heavy (non-hydrogen) atoms. The van der Waals surface area contributed by atoms with Crippen molar-refractivity contribution in [3.8, 4) is 0 Å². The SMILES string of the molecule is C=CC(=O)OC(C)CC(CCCC(=O)O)C(=O)O. The number of aliphatic carboxylic acids is 2. The molecule has 0 saturated heterocycles. The van der Waals surface area contributed by atoms with Crippen LogP contribution in [0.3, 0.4) is 0 Å². The first-order valence-corrected chi connectivity index (χ1v) is 5.64. The summed E-state index contributed by atoms with van der Waals surface area (Å²) in [5.41, 5.74) is 0. The lowest BCUT2D eigenvalue weighted by Gasteiger charge is -2.17. The van der Waals surface area contributed by atoms with E-state index in [2.05, 4.69) is 6.58 Å². The van der Waals surface area contributed by atoms with Crippen LogP contribution in [0.1, 0.15) is 32.6 Å². The molecule has 0 aliphatic heterocycles. The normalized spacial score (nSPS) is 13.4. The second-order valence-corrected chi connectivity index (χ2v) is 4.01. The molecule has 6 heteroatoms. The number of carboxylic acids is 2. The van der Waals surface area contributed by atoms with E-state index in [0.29, 0.717) is 0 Å². The highest BCUT2D eigenvalue weighted by molar-refractivity contribution is 5.81. The largest absolute Gasteiger partial charge is 0.481 e. The van der Waals surface area contributed by atoms with E-state index >= 15 is 0 Å². The Morgan fingerprint density at radius 1 is 1.33 bits per heavy atom. The zero-order valence-electron chi connectivity index (χ0n) is 10.3. The fourth-order valence-corrected chi connectivity index (χ4v) is 1.54. The van der Waals surface area contributed by atoms with Crippen LogP contribution in [0.15, 0.2) is 12.7 Å². The lowest BCUT2D eigenvalue weighted by Crippen LogP contribution is -2.22. The number of carbonyl (C=O) groups is 3. The molecule has 0 aliphatic rings. The predicted octanol–water partition coefficient (Wildman–Crippen LogP) is 1.45. The Bertz CT molecular complexity index is 323.